The van der Waals surface area contributed by atoms with E-state index < -0.39 is 0 Å². The van der Waals surface area contributed by atoms with Gasteiger partial charge in [0.2, 0.25) is 0 Å². The maximum absolute atomic E-state index is 9.50. The van der Waals surface area contributed by atoms with Gasteiger partial charge in [-0.3, -0.25) is 0 Å². The van der Waals surface area contributed by atoms with E-state index in [1.807, 2.05) is 6.07 Å². The Bertz CT molecular complexity index is 1170. The van der Waals surface area contributed by atoms with Gasteiger partial charge in [0.1, 0.15) is 0 Å². The van der Waals surface area contributed by atoms with Gasteiger partial charge >= 0.3 is 0 Å². The molecule has 2 aromatic heterocycles. The summed E-state index contributed by atoms with van der Waals surface area (Å²) in [4.78, 5) is 3.36. The molecular weight excluding hydrogens is 346 g/mol. The monoisotopic (exact) mass is 371 g/mol. The molecule has 0 saturated carbocycles. The number of para-hydroxylation sites is 2. The maximum Gasteiger partial charge on any atom is 0.0515 e. The van der Waals surface area contributed by atoms with Gasteiger partial charge in [0.25, 0.3) is 0 Å². The summed E-state index contributed by atoms with van der Waals surface area (Å²) in [6, 6.07) is 14.9. The molecule has 5 rings (SSSR count). The minimum absolute atomic E-state index is 0.0209. The summed E-state index contributed by atoms with van der Waals surface area (Å²) in [7, 11) is 0. The Morgan fingerprint density at radius 1 is 1.14 bits per heavy atom. The summed E-state index contributed by atoms with van der Waals surface area (Å²) in [6.45, 7) is 1.06. The molecule has 0 saturated heterocycles. The van der Waals surface area contributed by atoms with Gasteiger partial charge in [-0.05, 0) is 42.0 Å². The van der Waals surface area contributed by atoms with Crippen LogP contribution in [0.25, 0.3) is 21.8 Å². The molecule has 4 heteroatoms. The highest BCUT2D eigenvalue weighted by Crippen LogP contribution is 2.36. The Hall–Kier alpha value is -2.85. The molecular formula is C24H25N3O. The lowest BCUT2D eigenvalue weighted by atomic mass is 9.86. The highest BCUT2D eigenvalue weighted by atomic mass is 16.3. The lowest BCUT2D eigenvalue weighted by Crippen LogP contribution is -2.15. The highest BCUT2D eigenvalue weighted by molar-refractivity contribution is 5.96. The molecule has 142 valence electrons. The fraction of sp³-hybridized carbons (Fsp3) is 0.292. The second kappa shape index (κ2) is 6.95. The predicted octanol–water partition coefficient (Wildman–Crippen LogP) is 4.80. The third kappa shape index (κ3) is 2.76. The van der Waals surface area contributed by atoms with Crippen LogP contribution in [0.4, 0.5) is 0 Å². The summed E-state index contributed by atoms with van der Waals surface area (Å²) in [5, 5.41) is 20.7. The largest absolute Gasteiger partial charge is 0.396 e. The molecule has 3 N–H and O–H groups in total. The second-order valence-corrected chi connectivity index (χ2v) is 7.81. The molecule has 3 heterocycles. The van der Waals surface area contributed by atoms with Gasteiger partial charge < -0.3 is 20.1 Å². The topological polar surface area (TPSA) is 64.8 Å². The van der Waals surface area contributed by atoms with Crippen molar-refractivity contribution in [1.29, 1.82) is 5.41 Å². The summed E-state index contributed by atoms with van der Waals surface area (Å²) in [6.07, 6.45) is 7.82. The number of nitrogens with one attached hydrogen (secondary N) is 2. The Balaban J connectivity index is 1.63. The van der Waals surface area contributed by atoms with Crippen LogP contribution in [0.3, 0.4) is 0 Å². The van der Waals surface area contributed by atoms with Gasteiger partial charge in [0, 0.05) is 59.9 Å². The fourth-order valence-corrected chi connectivity index (χ4v) is 4.80. The standard InChI is InChI=1S/C24H25N3O/c25-22(10-12-28)20(13-17-14-26-23-9-2-1-7-18(17)23)21-15-27-11-4-6-16-5-3-8-19(21)24(16)27/h1-3,5,7-9,14-15,20,25-26,28H,4,6,10-13H2. The minimum atomic E-state index is -0.0246. The first kappa shape index (κ1) is 17.3. The van der Waals surface area contributed by atoms with Crippen molar-refractivity contribution in [3.63, 3.8) is 0 Å². The number of nitrogens with zero attached hydrogens (tertiary/aromatic N) is 1. The summed E-state index contributed by atoms with van der Waals surface area (Å²) in [5.74, 6) is -0.0246. The molecule has 0 fully saturated rings. The molecule has 1 atom stereocenters. The lowest BCUT2D eigenvalue weighted by Gasteiger charge is -2.18. The van der Waals surface area contributed by atoms with E-state index in [0.717, 1.165) is 24.9 Å². The number of hydrogen-bond acceptors (Lipinski definition) is 2. The van der Waals surface area contributed by atoms with Crippen molar-refractivity contribution in [1.82, 2.24) is 9.55 Å². The molecule has 0 spiro atoms. The van der Waals surface area contributed by atoms with Gasteiger partial charge in [0.05, 0.1) is 5.52 Å². The lowest BCUT2D eigenvalue weighted by molar-refractivity contribution is 0.305. The molecule has 1 aliphatic rings. The average molecular weight is 371 g/mol. The molecule has 1 unspecified atom stereocenters. The third-order valence-electron chi connectivity index (χ3n) is 6.13. The van der Waals surface area contributed by atoms with Gasteiger partial charge in [-0.1, -0.05) is 36.4 Å². The van der Waals surface area contributed by atoms with E-state index in [1.54, 1.807) is 0 Å². The van der Waals surface area contributed by atoms with Gasteiger partial charge in [0.15, 0.2) is 0 Å². The number of rotatable bonds is 6. The van der Waals surface area contributed by atoms with Crippen LogP contribution in [0.15, 0.2) is 54.9 Å². The van der Waals surface area contributed by atoms with Crippen LogP contribution < -0.4 is 0 Å². The van der Waals surface area contributed by atoms with Crippen LogP contribution in [-0.2, 0) is 19.4 Å². The summed E-state index contributed by atoms with van der Waals surface area (Å²) in [5.41, 5.74) is 6.95. The Morgan fingerprint density at radius 3 is 2.89 bits per heavy atom. The van der Waals surface area contributed by atoms with Gasteiger partial charge in [-0.2, -0.15) is 0 Å². The van der Waals surface area contributed by atoms with Crippen LogP contribution in [-0.4, -0.2) is 27.0 Å². The zero-order chi connectivity index (χ0) is 19.1. The summed E-state index contributed by atoms with van der Waals surface area (Å²) >= 11 is 0. The van der Waals surface area contributed by atoms with Crippen molar-refractivity contribution < 1.29 is 5.11 Å². The van der Waals surface area contributed by atoms with Crippen LogP contribution >= 0.6 is 0 Å². The number of hydrogen-bond donors (Lipinski definition) is 3. The molecule has 28 heavy (non-hydrogen) atoms. The van der Waals surface area contributed by atoms with Crippen molar-refractivity contribution in [2.24, 2.45) is 0 Å². The Kier molecular flexibility index (Phi) is 4.29. The number of aliphatic hydroxyl groups excluding tert-OH is 1. The van der Waals surface area contributed by atoms with Gasteiger partial charge in [-0.25, -0.2) is 0 Å². The third-order valence-corrected chi connectivity index (χ3v) is 6.13. The first-order valence-corrected chi connectivity index (χ1v) is 10.1. The zero-order valence-electron chi connectivity index (χ0n) is 15.9. The number of fused-ring (bicyclic) bond motifs is 1. The van der Waals surface area contributed by atoms with Crippen LogP contribution in [0, 0.1) is 5.41 Å². The highest BCUT2D eigenvalue weighted by Gasteiger charge is 2.25. The first-order chi connectivity index (χ1) is 13.8. The van der Waals surface area contributed by atoms with Crippen molar-refractivity contribution in [2.75, 3.05) is 6.61 Å². The van der Waals surface area contributed by atoms with Gasteiger partial charge in [-0.15, -0.1) is 0 Å². The Morgan fingerprint density at radius 2 is 2.00 bits per heavy atom. The molecule has 1 aliphatic heterocycles. The van der Waals surface area contributed by atoms with E-state index in [9.17, 15) is 5.11 Å². The molecule has 2 aromatic carbocycles. The first-order valence-electron chi connectivity index (χ1n) is 10.1. The van der Waals surface area contributed by atoms with Crippen molar-refractivity contribution in [3.05, 3.63) is 71.5 Å². The van der Waals surface area contributed by atoms with E-state index in [-0.39, 0.29) is 12.5 Å². The molecule has 4 aromatic rings. The molecule has 4 nitrogen and oxygen atoms in total. The zero-order valence-corrected chi connectivity index (χ0v) is 15.9. The number of aliphatic hydroxyl groups is 1. The number of benzene rings is 2. The number of aryl methyl sites for hydroxylation is 2. The maximum atomic E-state index is 9.50. The smallest absolute Gasteiger partial charge is 0.0515 e. The second-order valence-electron chi connectivity index (χ2n) is 7.81. The molecule has 0 radical (unpaired) electrons. The van der Waals surface area contributed by atoms with E-state index in [0.29, 0.717) is 12.1 Å². The number of aromatic amines is 1. The summed E-state index contributed by atoms with van der Waals surface area (Å²) < 4.78 is 2.37. The van der Waals surface area contributed by atoms with Crippen molar-refractivity contribution in [3.8, 4) is 0 Å². The van der Waals surface area contributed by atoms with E-state index in [1.165, 1.54) is 39.4 Å². The van der Waals surface area contributed by atoms with E-state index in [2.05, 4.69) is 58.3 Å². The number of H-pyrrole nitrogens is 1. The molecule has 0 bridgehead atoms. The predicted molar refractivity (Wildman–Crippen MR) is 114 cm³/mol. The fourth-order valence-electron chi connectivity index (χ4n) is 4.80. The normalized spacial score (nSPS) is 14.6. The number of aromatic nitrogens is 2. The van der Waals surface area contributed by atoms with Crippen molar-refractivity contribution >= 4 is 27.5 Å². The quantitative estimate of drug-likeness (QED) is 0.419. The van der Waals surface area contributed by atoms with Crippen LogP contribution in [0.1, 0.15) is 35.4 Å². The van der Waals surface area contributed by atoms with E-state index in [4.69, 9.17) is 5.41 Å². The molecule has 0 amide bonds. The van der Waals surface area contributed by atoms with Crippen LogP contribution in [0.2, 0.25) is 0 Å². The van der Waals surface area contributed by atoms with Crippen LogP contribution in [0.5, 0.6) is 0 Å². The SMILES string of the molecule is N=C(CCO)C(Cc1c[nH]c2ccccc12)c1cn2c3c(cccc13)CCC2. The Labute approximate surface area is 164 Å². The average Bonchev–Trinajstić information content (AvgIpc) is 3.30. The van der Waals surface area contributed by atoms with Crippen molar-refractivity contribution in [2.45, 2.75) is 38.1 Å². The molecule has 0 aliphatic carbocycles. The minimum Gasteiger partial charge on any atom is -0.396 e. The van der Waals surface area contributed by atoms with E-state index >= 15 is 0 Å².